The minimum Gasteiger partial charge on any atom is -0.207 e. The Morgan fingerprint density at radius 1 is 1.25 bits per heavy atom. The fraction of sp³-hybridized carbons (Fsp3) is 0.0769. The average molecular weight is 232 g/mol. The number of rotatable bonds is 1. The van der Waals surface area contributed by atoms with Crippen molar-refractivity contribution in [3.63, 3.8) is 0 Å². The van der Waals surface area contributed by atoms with Crippen LogP contribution in [0.1, 0.15) is 12.0 Å². The van der Waals surface area contributed by atoms with Crippen LogP contribution in [0.3, 0.4) is 0 Å². The molecule has 1 aliphatic carbocycles. The van der Waals surface area contributed by atoms with Crippen molar-refractivity contribution in [2.24, 2.45) is 0 Å². The lowest BCUT2D eigenvalue weighted by atomic mass is 9.84. The first kappa shape index (κ1) is 11.2. The fourth-order valence-corrected chi connectivity index (χ4v) is 1.99. The first-order valence-electron chi connectivity index (χ1n) is 5.17. The molecule has 0 amide bonds. The van der Waals surface area contributed by atoms with Crippen molar-refractivity contribution < 1.29 is 4.39 Å². The van der Waals surface area contributed by atoms with E-state index in [-0.39, 0.29) is 5.83 Å². The van der Waals surface area contributed by atoms with Gasteiger partial charge in [-0.1, -0.05) is 35.3 Å². The standard InChI is InChI=1S/C13H11BClF/c14-13-8-11(16)5-2-6-12(13)9-3-1-4-10(15)7-9/h1,3-8H,2,14H2. The first-order chi connectivity index (χ1) is 7.66. The second-order valence-electron chi connectivity index (χ2n) is 3.78. The Hall–Kier alpha value is -1.28. The molecule has 0 N–H and O–H groups in total. The zero-order chi connectivity index (χ0) is 11.5. The topological polar surface area (TPSA) is 0 Å². The third kappa shape index (κ3) is 2.45. The smallest absolute Gasteiger partial charge is 0.140 e. The third-order valence-corrected chi connectivity index (χ3v) is 2.78. The SMILES string of the molecule is BC1=CC(F)=CCC=C1c1cccc(Cl)c1. The Balaban J connectivity index is 2.42. The molecule has 0 saturated heterocycles. The summed E-state index contributed by atoms with van der Waals surface area (Å²) < 4.78 is 13.2. The number of benzene rings is 1. The van der Waals surface area contributed by atoms with E-state index >= 15 is 0 Å². The van der Waals surface area contributed by atoms with Crippen LogP contribution in [0, 0.1) is 0 Å². The van der Waals surface area contributed by atoms with E-state index in [4.69, 9.17) is 11.6 Å². The summed E-state index contributed by atoms with van der Waals surface area (Å²) in [6.45, 7) is 0. The number of allylic oxidation sites excluding steroid dienone is 6. The molecule has 0 nitrogen and oxygen atoms in total. The van der Waals surface area contributed by atoms with E-state index in [9.17, 15) is 4.39 Å². The fourth-order valence-electron chi connectivity index (χ4n) is 1.80. The molecule has 0 fully saturated rings. The van der Waals surface area contributed by atoms with E-state index < -0.39 is 0 Å². The van der Waals surface area contributed by atoms with Crippen LogP contribution in [0.15, 0.2) is 53.8 Å². The van der Waals surface area contributed by atoms with E-state index in [0.29, 0.717) is 11.4 Å². The van der Waals surface area contributed by atoms with Gasteiger partial charge in [-0.05, 0) is 41.8 Å². The highest BCUT2D eigenvalue weighted by Gasteiger charge is 2.07. The molecule has 0 radical (unpaired) electrons. The van der Waals surface area contributed by atoms with Gasteiger partial charge in [0.15, 0.2) is 0 Å². The van der Waals surface area contributed by atoms with Gasteiger partial charge in [-0.2, -0.15) is 0 Å². The van der Waals surface area contributed by atoms with Gasteiger partial charge in [0.2, 0.25) is 0 Å². The molecule has 16 heavy (non-hydrogen) atoms. The van der Waals surface area contributed by atoms with Crippen LogP contribution < -0.4 is 0 Å². The molecule has 1 aromatic rings. The van der Waals surface area contributed by atoms with E-state index in [1.807, 2.05) is 38.2 Å². The van der Waals surface area contributed by atoms with Gasteiger partial charge in [0.1, 0.15) is 13.7 Å². The lowest BCUT2D eigenvalue weighted by Crippen LogP contribution is -1.89. The Labute approximate surface area is 101 Å². The largest absolute Gasteiger partial charge is 0.207 e. The zero-order valence-corrected chi connectivity index (χ0v) is 9.76. The third-order valence-electron chi connectivity index (χ3n) is 2.55. The highest BCUT2D eigenvalue weighted by atomic mass is 35.5. The molecule has 0 saturated carbocycles. The zero-order valence-electron chi connectivity index (χ0n) is 9.00. The summed E-state index contributed by atoms with van der Waals surface area (Å²) in [7, 11) is 1.91. The van der Waals surface area contributed by atoms with Crippen molar-refractivity contribution >= 4 is 25.0 Å². The predicted octanol–water partition coefficient (Wildman–Crippen LogP) is 3.50. The predicted molar refractivity (Wildman–Crippen MR) is 69.9 cm³/mol. The molecule has 0 atom stereocenters. The van der Waals surface area contributed by atoms with E-state index in [0.717, 1.165) is 16.6 Å². The molecule has 80 valence electrons. The van der Waals surface area contributed by atoms with E-state index in [2.05, 4.69) is 0 Å². The highest BCUT2D eigenvalue weighted by molar-refractivity contribution is 6.32. The molecule has 0 aliphatic heterocycles. The Bertz CT molecular complexity index is 500. The molecule has 0 bridgehead atoms. The van der Waals surface area contributed by atoms with Crippen molar-refractivity contribution in [3.8, 4) is 0 Å². The monoisotopic (exact) mass is 232 g/mol. The Morgan fingerprint density at radius 3 is 2.81 bits per heavy atom. The lowest BCUT2D eigenvalue weighted by molar-refractivity contribution is 0.663. The summed E-state index contributed by atoms with van der Waals surface area (Å²) in [6, 6.07) is 7.62. The summed E-state index contributed by atoms with van der Waals surface area (Å²) in [6.07, 6.45) is 5.76. The maximum absolute atomic E-state index is 13.2. The Kier molecular flexibility index (Phi) is 3.30. The summed E-state index contributed by atoms with van der Waals surface area (Å²) >= 11 is 5.95. The van der Waals surface area contributed by atoms with E-state index in [1.165, 1.54) is 0 Å². The molecule has 1 aromatic carbocycles. The molecule has 0 heterocycles. The molecule has 2 rings (SSSR count). The van der Waals surface area contributed by atoms with Crippen molar-refractivity contribution in [2.75, 3.05) is 0 Å². The average Bonchev–Trinajstić information content (AvgIpc) is 2.39. The van der Waals surface area contributed by atoms with Crippen molar-refractivity contribution in [1.29, 1.82) is 0 Å². The second kappa shape index (κ2) is 4.71. The van der Waals surface area contributed by atoms with Gasteiger partial charge in [-0.15, -0.1) is 0 Å². The number of halogens is 2. The maximum Gasteiger partial charge on any atom is 0.140 e. The van der Waals surface area contributed by atoms with E-state index in [1.54, 1.807) is 12.2 Å². The van der Waals surface area contributed by atoms with Crippen LogP contribution >= 0.6 is 11.6 Å². The molecule has 0 spiro atoms. The van der Waals surface area contributed by atoms with Crippen LogP contribution in [0.25, 0.3) is 5.57 Å². The molecule has 0 aromatic heterocycles. The lowest BCUT2D eigenvalue weighted by Gasteiger charge is -2.07. The first-order valence-corrected chi connectivity index (χ1v) is 5.55. The maximum atomic E-state index is 13.2. The quantitative estimate of drug-likeness (QED) is 0.650. The second-order valence-corrected chi connectivity index (χ2v) is 4.22. The highest BCUT2D eigenvalue weighted by Crippen LogP contribution is 2.27. The summed E-state index contributed by atoms with van der Waals surface area (Å²) in [4.78, 5) is 0. The van der Waals surface area contributed by atoms with Gasteiger partial charge in [0.25, 0.3) is 0 Å². The van der Waals surface area contributed by atoms with Crippen molar-refractivity contribution in [3.05, 3.63) is 64.4 Å². The van der Waals surface area contributed by atoms with Crippen molar-refractivity contribution in [1.82, 2.24) is 0 Å². The van der Waals surface area contributed by atoms with Gasteiger partial charge >= 0.3 is 0 Å². The molecule has 1 aliphatic rings. The summed E-state index contributed by atoms with van der Waals surface area (Å²) in [5.74, 6) is -0.175. The normalized spacial score (nSPS) is 16.0. The van der Waals surface area contributed by atoms with Gasteiger partial charge in [0.05, 0.1) is 0 Å². The molecule has 0 unspecified atom stereocenters. The van der Waals surface area contributed by atoms with Gasteiger partial charge in [-0.3, -0.25) is 0 Å². The number of hydrogen-bond acceptors (Lipinski definition) is 0. The van der Waals surface area contributed by atoms with Crippen LogP contribution in [-0.4, -0.2) is 7.85 Å². The molecular weight excluding hydrogens is 221 g/mol. The van der Waals surface area contributed by atoms with Crippen LogP contribution in [-0.2, 0) is 0 Å². The summed E-state index contributed by atoms with van der Waals surface area (Å²) in [5, 5.41) is 0.698. The summed E-state index contributed by atoms with van der Waals surface area (Å²) in [5.41, 5.74) is 3.00. The van der Waals surface area contributed by atoms with Gasteiger partial charge in [-0.25, -0.2) is 4.39 Å². The van der Waals surface area contributed by atoms with Gasteiger partial charge < -0.3 is 0 Å². The van der Waals surface area contributed by atoms with Gasteiger partial charge in [0, 0.05) is 5.02 Å². The number of hydrogen-bond donors (Lipinski definition) is 0. The minimum absolute atomic E-state index is 0.175. The molecular formula is C13H11BClF. The van der Waals surface area contributed by atoms with Crippen LogP contribution in [0.4, 0.5) is 4.39 Å². The van der Waals surface area contributed by atoms with Crippen molar-refractivity contribution in [2.45, 2.75) is 6.42 Å². The Morgan fingerprint density at radius 2 is 2.06 bits per heavy atom. The molecule has 3 heteroatoms. The minimum atomic E-state index is -0.175. The van der Waals surface area contributed by atoms with Crippen LogP contribution in [0.2, 0.25) is 5.02 Å². The van der Waals surface area contributed by atoms with Crippen LogP contribution in [0.5, 0.6) is 0 Å².